The number of pyridine rings is 1. The van der Waals surface area contributed by atoms with E-state index in [2.05, 4.69) is 77.9 Å². The van der Waals surface area contributed by atoms with Crippen molar-refractivity contribution < 1.29 is 0 Å². The maximum Gasteiger partial charge on any atom is 0.0749 e. The van der Waals surface area contributed by atoms with Crippen LogP contribution < -0.4 is 0 Å². The highest BCUT2D eigenvalue weighted by atomic mass is 14.7. The van der Waals surface area contributed by atoms with Crippen molar-refractivity contribution in [1.82, 2.24) is 9.97 Å². The van der Waals surface area contributed by atoms with Gasteiger partial charge >= 0.3 is 0 Å². The Kier molecular flexibility index (Phi) is 3.76. The summed E-state index contributed by atoms with van der Waals surface area (Å²) in [6.07, 6.45) is 8.96. The van der Waals surface area contributed by atoms with Crippen molar-refractivity contribution in [2.45, 2.75) is 25.7 Å². The maximum atomic E-state index is 4.95. The van der Waals surface area contributed by atoms with E-state index in [1.165, 1.54) is 68.0 Å². The Hall–Kier alpha value is -3.39. The van der Waals surface area contributed by atoms with Crippen LogP contribution in [-0.4, -0.2) is 9.97 Å². The van der Waals surface area contributed by atoms with Crippen molar-refractivity contribution in [3.8, 4) is 22.4 Å². The van der Waals surface area contributed by atoms with Crippen molar-refractivity contribution >= 4 is 21.7 Å². The second kappa shape index (κ2) is 6.59. The van der Waals surface area contributed by atoms with E-state index in [0.717, 1.165) is 12.8 Å². The highest BCUT2D eigenvalue weighted by Gasteiger charge is 2.21. The van der Waals surface area contributed by atoms with Crippen LogP contribution in [0.3, 0.4) is 0 Å². The van der Waals surface area contributed by atoms with E-state index in [-0.39, 0.29) is 0 Å². The number of H-pyrrole nitrogens is 1. The number of nitrogens with one attached hydrogen (secondary N) is 1. The molecule has 0 unspecified atom stereocenters. The van der Waals surface area contributed by atoms with Crippen LogP contribution in [0.15, 0.2) is 79.1 Å². The number of fused-ring (bicyclic) bond motifs is 3. The van der Waals surface area contributed by atoms with Gasteiger partial charge in [0.05, 0.1) is 5.69 Å². The third kappa shape index (κ3) is 2.60. The molecule has 29 heavy (non-hydrogen) atoms. The van der Waals surface area contributed by atoms with Crippen LogP contribution in [0.2, 0.25) is 0 Å². The molecule has 2 heterocycles. The Labute approximate surface area is 170 Å². The lowest BCUT2D eigenvalue weighted by molar-refractivity contribution is 0.684. The van der Waals surface area contributed by atoms with Gasteiger partial charge in [-0.1, -0.05) is 54.6 Å². The minimum atomic E-state index is 1.12. The number of rotatable bonds is 2. The Bertz CT molecular complexity index is 1360. The predicted molar refractivity (Wildman–Crippen MR) is 121 cm³/mol. The predicted octanol–water partition coefficient (Wildman–Crippen LogP) is 6.93. The van der Waals surface area contributed by atoms with Gasteiger partial charge in [-0.2, -0.15) is 0 Å². The van der Waals surface area contributed by atoms with Crippen molar-refractivity contribution in [2.24, 2.45) is 0 Å². The molecule has 0 amide bonds. The first-order valence-electron chi connectivity index (χ1n) is 10.5. The van der Waals surface area contributed by atoms with Gasteiger partial charge in [-0.05, 0) is 65.3 Å². The summed E-state index contributed by atoms with van der Waals surface area (Å²) in [5.74, 6) is 0. The molecule has 6 rings (SSSR count). The van der Waals surface area contributed by atoms with Crippen LogP contribution in [0.5, 0.6) is 0 Å². The molecular weight excluding hydrogens is 352 g/mol. The van der Waals surface area contributed by atoms with Crippen molar-refractivity contribution in [1.29, 1.82) is 0 Å². The van der Waals surface area contributed by atoms with Crippen LogP contribution in [0.4, 0.5) is 0 Å². The molecule has 2 heteroatoms. The Morgan fingerprint density at radius 2 is 1.55 bits per heavy atom. The van der Waals surface area contributed by atoms with Gasteiger partial charge in [0.15, 0.2) is 0 Å². The lowest BCUT2D eigenvalue weighted by atomic mass is 9.85. The number of nitrogens with zero attached hydrogens (tertiary/aromatic N) is 1. The molecule has 0 saturated heterocycles. The molecule has 0 fully saturated rings. The zero-order valence-electron chi connectivity index (χ0n) is 16.3. The number of benzene rings is 3. The summed E-state index contributed by atoms with van der Waals surface area (Å²) in [6, 6.07) is 24.0. The summed E-state index contributed by atoms with van der Waals surface area (Å²) in [4.78, 5) is 8.41. The minimum Gasteiger partial charge on any atom is -0.361 e. The van der Waals surface area contributed by atoms with Gasteiger partial charge in [0, 0.05) is 34.4 Å². The van der Waals surface area contributed by atoms with Crippen LogP contribution >= 0.6 is 0 Å². The van der Waals surface area contributed by atoms with E-state index in [1.54, 1.807) is 0 Å². The van der Waals surface area contributed by atoms with E-state index >= 15 is 0 Å². The third-order valence-electron chi connectivity index (χ3n) is 6.32. The summed E-state index contributed by atoms with van der Waals surface area (Å²) in [6.45, 7) is 0. The van der Waals surface area contributed by atoms with Gasteiger partial charge in [0.1, 0.15) is 0 Å². The molecule has 140 valence electrons. The van der Waals surface area contributed by atoms with Crippen LogP contribution in [0, 0.1) is 0 Å². The second-order valence-electron chi connectivity index (χ2n) is 7.96. The Balaban J connectivity index is 1.72. The van der Waals surface area contributed by atoms with Crippen molar-refractivity contribution in [3.05, 3.63) is 90.3 Å². The highest BCUT2D eigenvalue weighted by Crippen LogP contribution is 2.42. The molecule has 2 nitrogen and oxygen atoms in total. The lowest BCUT2D eigenvalue weighted by Crippen LogP contribution is -2.06. The fourth-order valence-electron chi connectivity index (χ4n) is 4.92. The number of hydrogen-bond acceptors (Lipinski definition) is 1. The second-order valence-corrected chi connectivity index (χ2v) is 7.96. The smallest absolute Gasteiger partial charge is 0.0749 e. The van der Waals surface area contributed by atoms with Crippen LogP contribution in [0.25, 0.3) is 44.1 Å². The first kappa shape index (κ1) is 16.6. The van der Waals surface area contributed by atoms with Gasteiger partial charge in [-0.3, -0.25) is 4.98 Å². The molecule has 0 spiro atoms. The summed E-state index contributed by atoms with van der Waals surface area (Å²) in [5.41, 5.74) is 9.02. The van der Waals surface area contributed by atoms with E-state index < -0.39 is 0 Å². The highest BCUT2D eigenvalue weighted by molar-refractivity contribution is 6.08. The Morgan fingerprint density at radius 1 is 0.724 bits per heavy atom. The fourth-order valence-corrected chi connectivity index (χ4v) is 4.92. The monoisotopic (exact) mass is 374 g/mol. The van der Waals surface area contributed by atoms with Crippen molar-refractivity contribution in [3.63, 3.8) is 0 Å². The topological polar surface area (TPSA) is 28.7 Å². The molecule has 0 atom stereocenters. The van der Waals surface area contributed by atoms with Gasteiger partial charge in [0.2, 0.25) is 0 Å². The van der Waals surface area contributed by atoms with Crippen LogP contribution in [0.1, 0.15) is 24.0 Å². The molecular formula is C27H22N2. The number of aromatic nitrogens is 2. The molecule has 0 bridgehead atoms. The molecule has 3 aromatic carbocycles. The maximum absolute atomic E-state index is 4.95. The zero-order chi connectivity index (χ0) is 19.2. The summed E-state index contributed by atoms with van der Waals surface area (Å²) >= 11 is 0. The van der Waals surface area contributed by atoms with E-state index in [9.17, 15) is 0 Å². The standard InChI is InChI=1S/C27H22N2/c1-3-9-20-18(7-1)13-14-23(24-17-29-25-12-6-5-11-22(24)25)26(20)27-21-10-4-2-8-19(21)15-16-28-27/h1,3,5-7,9,11-17,29H,2,4,8,10H2. The number of para-hydroxylation sites is 1. The minimum absolute atomic E-state index is 1.12. The van der Waals surface area contributed by atoms with Crippen LogP contribution in [-0.2, 0) is 12.8 Å². The molecule has 5 aromatic rings. The number of aryl methyl sites for hydroxylation is 1. The molecule has 1 aliphatic rings. The first-order chi connectivity index (χ1) is 14.4. The molecule has 0 aliphatic heterocycles. The van der Waals surface area contributed by atoms with E-state index in [4.69, 9.17) is 4.98 Å². The quantitative estimate of drug-likeness (QED) is 0.356. The summed E-state index contributed by atoms with van der Waals surface area (Å²) < 4.78 is 0. The zero-order valence-corrected chi connectivity index (χ0v) is 16.3. The van der Waals surface area contributed by atoms with E-state index in [0.29, 0.717) is 0 Å². The summed E-state index contributed by atoms with van der Waals surface area (Å²) in [7, 11) is 0. The third-order valence-corrected chi connectivity index (χ3v) is 6.32. The molecule has 0 radical (unpaired) electrons. The Morgan fingerprint density at radius 3 is 2.52 bits per heavy atom. The normalized spacial score (nSPS) is 13.7. The van der Waals surface area contributed by atoms with E-state index in [1.807, 2.05) is 6.20 Å². The van der Waals surface area contributed by atoms with Gasteiger partial charge in [-0.25, -0.2) is 0 Å². The molecule has 0 saturated carbocycles. The molecule has 1 N–H and O–H groups in total. The molecule has 2 aromatic heterocycles. The largest absolute Gasteiger partial charge is 0.361 e. The fraction of sp³-hybridized carbons (Fsp3) is 0.148. The van der Waals surface area contributed by atoms with Gasteiger partial charge < -0.3 is 4.98 Å². The summed E-state index contributed by atoms with van der Waals surface area (Å²) in [5, 5.41) is 3.80. The number of hydrogen-bond donors (Lipinski definition) is 1. The van der Waals surface area contributed by atoms with Gasteiger partial charge in [0.25, 0.3) is 0 Å². The van der Waals surface area contributed by atoms with Crippen molar-refractivity contribution in [2.75, 3.05) is 0 Å². The average molecular weight is 374 g/mol. The average Bonchev–Trinajstić information content (AvgIpc) is 3.22. The lowest BCUT2D eigenvalue weighted by Gasteiger charge is -2.21. The SMILES string of the molecule is c1ccc2c(-c3nccc4c3CCCC4)c(-c3c[nH]c4ccccc34)ccc2c1. The number of aromatic amines is 1. The van der Waals surface area contributed by atoms with Gasteiger partial charge in [-0.15, -0.1) is 0 Å². The molecule has 1 aliphatic carbocycles. The first-order valence-corrected chi connectivity index (χ1v) is 10.5.